The summed E-state index contributed by atoms with van der Waals surface area (Å²) in [4.78, 5) is 2.42. The maximum atomic E-state index is 6.04. The standard InChI is InChI=1S/C12H10ClN3S3/c1-7-15-16-12(18-7)14-11(8-3-2-6-17-8)9-4-5-10(13)19-9/h2-6,11H,1H3,(H,14,16). The molecule has 3 rings (SSSR count). The first-order valence-corrected chi connectivity index (χ1v) is 8.47. The van der Waals surface area contributed by atoms with Crippen LogP contribution in [0.3, 0.4) is 0 Å². The van der Waals surface area contributed by atoms with Crippen LogP contribution in [0.1, 0.15) is 20.8 Å². The van der Waals surface area contributed by atoms with Crippen molar-refractivity contribution in [3.05, 3.63) is 48.7 Å². The minimum absolute atomic E-state index is 0.0878. The van der Waals surface area contributed by atoms with Crippen LogP contribution in [0, 0.1) is 6.92 Å². The Morgan fingerprint density at radius 3 is 2.63 bits per heavy atom. The van der Waals surface area contributed by atoms with Gasteiger partial charge in [0.05, 0.1) is 10.4 Å². The Balaban J connectivity index is 1.93. The number of aromatic nitrogens is 2. The highest BCUT2D eigenvalue weighted by molar-refractivity contribution is 7.17. The predicted molar refractivity (Wildman–Crippen MR) is 83.8 cm³/mol. The van der Waals surface area contributed by atoms with Crippen molar-refractivity contribution in [3.8, 4) is 0 Å². The summed E-state index contributed by atoms with van der Waals surface area (Å²) in [7, 11) is 0. The summed E-state index contributed by atoms with van der Waals surface area (Å²) >= 11 is 10.9. The molecule has 0 spiro atoms. The zero-order valence-corrected chi connectivity index (χ0v) is 13.2. The van der Waals surface area contributed by atoms with Crippen LogP contribution < -0.4 is 5.32 Å². The zero-order chi connectivity index (χ0) is 13.2. The lowest BCUT2D eigenvalue weighted by Crippen LogP contribution is -2.09. The molecule has 19 heavy (non-hydrogen) atoms. The predicted octanol–water partition coefficient (Wildman–Crippen LogP) is 4.82. The van der Waals surface area contributed by atoms with E-state index in [1.54, 1.807) is 34.0 Å². The summed E-state index contributed by atoms with van der Waals surface area (Å²) in [6, 6.07) is 8.23. The fraction of sp³-hybridized carbons (Fsp3) is 0.167. The number of hydrogen-bond acceptors (Lipinski definition) is 6. The topological polar surface area (TPSA) is 37.8 Å². The Labute approximate surface area is 127 Å². The number of halogens is 1. The number of hydrogen-bond donors (Lipinski definition) is 1. The first-order chi connectivity index (χ1) is 9.22. The summed E-state index contributed by atoms with van der Waals surface area (Å²) in [5, 5.41) is 15.5. The van der Waals surface area contributed by atoms with E-state index < -0.39 is 0 Å². The van der Waals surface area contributed by atoms with Gasteiger partial charge < -0.3 is 5.32 Å². The Bertz CT molecular complexity index is 659. The lowest BCUT2D eigenvalue weighted by molar-refractivity contribution is 0.959. The maximum Gasteiger partial charge on any atom is 0.206 e. The minimum atomic E-state index is 0.0878. The molecule has 7 heteroatoms. The maximum absolute atomic E-state index is 6.04. The third-order valence-corrected chi connectivity index (χ3v) is 5.50. The molecule has 0 saturated carbocycles. The van der Waals surface area contributed by atoms with Crippen molar-refractivity contribution in [3.63, 3.8) is 0 Å². The molecule has 0 aromatic carbocycles. The van der Waals surface area contributed by atoms with Crippen LogP contribution in [0.2, 0.25) is 4.34 Å². The number of aryl methyl sites for hydroxylation is 1. The minimum Gasteiger partial charge on any atom is -0.348 e. The molecule has 0 radical (unpaired) electrons. The van der Waals surface area contributed by atoms with Crippen molar-refractivity contribution >= 4 is 50.7 Å². The monoisotopic (exact) mass is 327 g/mol. The van der Waals surface area contributed by atoms with Gasteiger partial charge in [0, 0.05) is 9.75 Å². The molecule has 3 nitrogen and oxygen atoms in total. The van der Waals surface area contributed by atoms with E-state index in [1.165, 1.54) is 9.75 Å². The quantitative estimate of drug-likeness (QED) is 0.746. The third-order valence-electron chi connectivity index (χ3n) is 2.50. The molecule has 0 aliphatic heterocycles. The van der Waals surface area contributed by atoms with Crippen molar-refractivity contribution in [2.75, 3.05) is 5.32 Å². The molecule has 1 unspecified atom stereocenters. The van der Waals surface area contributed by atoms with Crippen LogP contribution in [0.5, 0.6) is 0 Å². The van der Waals surface area contributed by atoms with E-state index >= 15 is 0 Å². The van der Waals surface area contributed by atoms with E-state index in [1.807, 2.05) is 13.0 Å². The second-order valence-electron chi connectivity index (χ2n) is 3.86. The molecule has 0 aliphatic carbocycles. The SMILES string of the molecule is Cc1nnc(NC(c2cccs2)c2ccc(Cl)s2)s1. The summed E-state index contributed by atoms with van der Waals surface area (Å²) in [6.45, 7) is 1.95. The molecule has 0 bridgehead atoms. The first kappa shape index (κ1) is 13.1. The molecular weight excluding hydrogens is 318 g/mol. The average molecular weight is 328 g/mol. The van der Waals surface area contributed by atoms with E-state index in [9.17, 15) is 0 Å². The number of nitrogens with zero attached hydrogens (tertiary/aromatic N) is 2. The van der Waals surface area contributed by atoms with Gasteiger partial charge in [-0.05, 0) is 30.5 Å². The summed E-state index contributed by atoms with van der Waals surface area (Å²) in [5.41, 5.74) is 0. The summed E-state index contributed by atoms with van der Waals surface area (Å²) < 4.78 is 0.798. The van der Waals surface area contributed by atoms with E-state index in [2.05, 4.69) is 39.1 Å². The van der Waals surface area contributed by atoms with Gasteiger partial charge in [0.2, 0.25) is 5.13 Å². The lowest BCUT2D eigenvalue weighted by atomic mass is 10.2. The summed E-state index contributed by atoms with van der Waals surface area (Å²) in [6.07, 6.45) is 0. The first-order valence-electron chi connectivity index (χ1n) is 5.57. The van der Waals surface area contributed by atoms with Gasteiger partial charge in [-0.3, -0.25) is 0 Å². The van der Waals surface area contributed by atoms with Gasteiger partial charge in [0.15, 0.2) is 0 Å². The van der Waals surface area contributed by atoms with E-state index in [4.69, 9.17) is 11.6 Å². The fourth-order valence-corrected chi connectivity index (χ4v) is 4.32. The van der Waals surface area contributed by atoms with Gasteiger partial charge in [-0.2, -0.15) is 0 Å². The molecule has 3 aromatic heterocycles. The van der Waals surface area contributed by atoms with Gasteiger partial charge in [-0.25, -0.2) is 0 Å². The van der Waals surface area contributed by atoms with Crippen molar-refractivity contribution in [1.82, 2.24) is 10.2 Å². The highest BCUT2D eigenvalue weighted by Crippen LogP contribution is 2.35. The molecular formula is C12H10ClN3S3. The second-order valence-corrected chi connectivity index (χ2v) is 7.77. The van der Waals surface area contributed by atoms with E-state index in [-0.39, 0.29) is 6.04 Å². The van der Waals surface area contributed by atoms with Crippen LogP contribution in [-0.4, -0.2) is 10.2 Å². The molecule has 0 aliphatic rings. The number of thiophene rings is 2. The Kier molecular flexibility index (Phi) is 3.83. The largest absolute Gasteiger partial charge is 0.348 e. The van der Waals surface area contributed by atoms with Crippen LogP contribution in [0.15, 0.2) is 29.6 Å². The van der Waals surface area contributed by atoms with Crippen LogP contribution in [0.25, 0.3) is 0 Å². The molecule has 98 valence electrons. The van der Waals surface area contributed by atoms with Crippen LogP contribution >= 0.6 is 45.6 Å². The van der Waals surface area contributed by atoms with Crippen LogP contribution in [-0.2, 0) is 0 Å². The van der Waals surface area contributed by atoms with Gasteiger partial charge in [0.1, 0.15) is 5.01 Å². The normalized spacial score (nSPS) is 12.5. The van der Waals surface area contributed by atoms with Crippen molar-refractivity contribution in [1.29, 1.82) is 0 Å². The number of nitrogens with one attached hydrogen (secondary N) is 1. The number of anilines is 1. The molecule has 0 fully saturated rings. The smallest absolute Gasteiger partial charge is 0.206 e. The Hall–Kier alpha value is -0.950. The summed E-state index contributed by atoms with van der Waals surface area (Å²) in [5.74, 6) is 0. The molecule has 1 N–H and O–H groups in total. The van der Waals surface area contributed by atoms with E-state index in [0.717, 1.165) is 14.5 Å². The van der Waals surface area contributed by atoms with Crippen molar-refractivity contribution < 1.29 is 0 Å². The molecule has 3 heterocycles. The molecule has 3 aromatic rings. The highest BCUT2D eigenvalue weighted by atomic mass is 35.5. The molecule has 1 atom stereocenters. The van der Waals surface area contributed by atoms with Crippen LogP contribution in [0.4, 0.5) is 5.13 Å². The van der Waals surface area contributed by atoms with Crippen molar-refractivity contribution in [2.45, 2.75) is 13.0 Å². The lowest BCUT2D eigenvalue weighted by Gasteiger charge is -2.14. The Morgan fingerprint density at radius 2 is 2.05 bits per heavy atom. The third kappa shape index (κ3) is 2.97. The van der Waals surface area contributed by atoms with E-state index in [0.29, 0.717) is 0 Å². The highest BCUT2D eigenvalue weighted by Gasteiger charge is 2.18. The van der Waals surface area contributed by atoms with Gasteiger partial charge in [-0.15, -0.1) is 32.9 Å². The molecule has 0 saturated heterocycles. The zero-order valence-electron chi connectivity index (χ0n) is 9.96. The Morgan fingerprint density at radius 1 is 1.16 bits per heavy atom. The van der Waals surface area contributed by atoms with Gasteiger partial charge in [0.25, 0.3) is 0 Å². The second kappa shape index (κ2) is 5.58. The fourth-order valence-electron chi connectivity index (χ4n) is 1.70. The molecule has 0 amide bonds. The number of rotatable bonds is 4. The van der Waals surface area contributed by atoms with Gasteiger partial charge >= 0.3 is 0 Å². The van der Waals surface area contributed by atoms with Gasteiger partial charge in [-0.1, -0.05) is 29.0 Å². The van der Waals surface area contributed by atoms with Crippen molar-refractivity contribution in [2.24, 2.45) is 0 Å². The average Bonchev–Trinajstić information content (AvgIpc) is 3.08.